The first-order chi connectivity index (χ1) is 9.21. The number of hydrogen-bond donors (Lipinski definition) is 1. The Kier molecular flexibility index (Phi) is 3.80. The summed E-state index contributed by atoms with van der Waals surface area (Å²) in [5.41, 5.74) is 0.728. The number of carboxylic acid groups (broad SMARTS) is 1. The first-order valence-electron chi connectivity index (χ1n) is 6.00. The SMILES string of the molecule is CC(C)(C)c1nn(-c2ccc(Cl)cc2)c(Cl)c1C(=O)O. The van der Waals surface area contributed by atoms with Crippen LogP contribution in [0.4, 0.5) is 0 Å². The highest BCUT2D eigenvalue weighted by atomic mass is 35.5. The summed E-state index contributed by atoms with van der Waals surface area (Å²) < 4.78 is 1.42. The van der Waals surface area contributed by atoms with Crippen LogP contribution in [0.15, 0.2) is 24.3 Å². The summed E-state index contributed by atoms with van der Waals surface area (Å²) in [7, 11) is 0. The minimum atomic E-state index is -1.08. The van der Waals surface area contributed by atoms with Gasteiger partial charge in [-0.2, -0.15) is 5.10 Å². The van der Waals surface area contributed by atoms with Gasteiger partial charge in [-0.3, -0.25) is 0 Å². The molecule has 2 aromatic rings. The smallest absolute Gasteiger partial charge is 0.340 e. The highest BCUT2D eigenvalue weighted by Crippen LogP contribution is 2.31. The predicted molar refractivity (Wildman–Crippen MR) is 79.2 cm³/mol. The zero-order chi connectivity index (χ0) is 15.1. The predicted octanol–water partition coefficient (Wildman–Crippen LogP) is 4.17. The van der Waals surface area contributed by atoms with E-state index < -0.39 is 11.4 Å². The quantitative estimate of drug-likeness (QED) is 0.905. The van der Waals surface area contributed by atoms with Gasteiger partial charge in [0, 0.05) is 10.4 Å². The van der Waals surface area contributed by atoms with E-state index in [1.54, 1.807) is 24.3 Å². The number of aromatic carboxylic acids is 1. The zero-order valence-electron chi connectivity index (χ0n) is 11.3. The average molecular weight is 313 g/mol. The minimum absolute atomic E-state index is 0.0362. The van der Waals surface area contributed by atoms with Crippen molar-refractivity contribution in [3.63, 3.8) is 0 Å². The number of halogens is 2. The normalized spacial score (nSPS) is 11.7. The lowest BCUT2D eigenvalue weighted by atomic mass is 9.89. The summed E-state index contributed by atoms with van der Waals surface area (Å²) in [5.74, 6) is -1.08. The van der Waals surface area contributed by atoms with Crippen molar-refractivity contribution in [3.05, 3.63) is 45.7 Å². The van der Waals surface area contributed by atoms with Gasteiger partial charge in [-0.25, -0.2) is 9.48 Å². The summed E-state index contributed by atoms with van der Waals surface area (Å²) in [6.45, 7) is 5.68. The Labute approximate surface area is 126 Å². The molecule has 0 saturated heterocycles. The van der Waals surface area contributed by atoms with Crippen molar-refractivity contribution < 1.29 is 9.90 Å². The zero-order valence-corrected chi connectivity index (χ0v) is 12.8. The van der Waals surface area contributed by atoms with Crippen molar-refractivity contribution in [2.75, 3.05) is 0 Å². The molecule has 0 radical (unpaired) electrons. The molecule has 2 rings (SSSR count). The molecule has 4 nitrogen and oxygen atoms in total. The number of carboxylic acids is 1. The Morgan fingerprint density at radius 2 is 1.75 bits per heavy atom. The first-order valence-corrected chi connectivity index (χ1v) is 6.75. The average Bonchev–Trinajstić information content (AvgIpc) is 2.68. The van der Waals surface area contributed by atoms with Gasteiger partial charge in [0.1, 0.15) is 10.7 Å². The molecule has 1 N–H and O–H groups in total. The van der Waals surface area contributed by atoms with Crippen LogP contribution < -0.4 is 0 Å². The lowest BCUT2D eigenvalue weighted by Crippen LogP contribution is -2.16. The maximum Gasteiger partial charge on any atom is 0.340 e. The van der Waals surface area contributed by atoms with Gasteiger partial charge in [-0.05, 0) is 24.3 Å². The Hall–Kier alpha value is -1.52. The fourth-order valence-electron chi connectivity index (χ4n) is 1.87. The maximum atomic E-state index is 11.4. The second-order valence-electron chi connectivity index (χ2n) is 5.46. The molecule has 1 aromatic heterocycles. The second-order valence-corrected chi connectivity index (χ2v) is 6.25. The molecule has 1 aromatic carbocycles. The summed E-state index contributed by atoms with van der Waals surface area (Å²) in [4.78, 5) is 11.4. The van der Waals surface area contributed by atoms with Gasteiger partial charge in [0.05, 0.1) is 11.4 Å². The van der Waals surface area contributed by atoms with Crippen LogP contribution in [0.1, 0.15) is 36.8 Å². The van der Waals surface area contributed by atoms with E-state index in [4.69, 9.17) is 23.2 Å². The molecule has 20 heavy (non-hydrogen) atoms. The van der Waals surface area contributed by atoms with E-state index in [1.165, 1.54) is 4.68 Å². The van der Waals surface area contributed by atoms with E-state index in [-0.39, 0.29) is 10.7 Å². The third-order valence-corrected chi connectivity index (χ3v) is 3.43. The van der Waals surface area contributed by atoms with Crippen molar-refractivity contribution >= 4 is 29.2 Å². The van der Waals surface area contributed by atoms with Crippen molar-refractivity contribution in [1.29, 1.82) is 0 Å². The van der Waals surface area contributed by atoms with Gasteiger partial charge in [0.25, 0.3) is 0 Å². The number of aromatic nitrogens is 2. The van der Waals surface area contributed by atoms with Crippen molar-refractivity contribution in [2.24, 2.45) is 0 Å². The number of rotatable bonds is 2. The summed E-state index contributed by atoms with van der Waals surface area (Å²) in [5, 5.41) is 14.4. The van der Waals surface area contributed by atoms with E-state index in [2.05, 4.69) is 5.10 Å². The fraction of sp³-hybridized carbons (Fsp3) is 0.286. The Morgan fingerprint density at radius 3 is 2.15 bits per heavy atom. The van der Waals surface area contributed by atoms with E-state index in [1.807, 2.05) is 20.8 Å². The van der Waals surface area contributed by atoms with Crippen molar-refractivity contribution in [2.45, 2.75) is 26.2 Å². The van der Waals surface area contributed by atoms with Crippen LogP contribution in [-0.2, 0) is 5.41 Å². The Bertz CT molecular complexity index is 655. The number of benzene rings is 1. The monoisotopic (exact) mass is 312 g/mol. The van der Waals surface area contributed by atoms with Crippen LogP contribution >= 0.6 is 23.2 Å². The lowest BCUT2D eigenvalue weighted by molar-refractivity contribution is 0.0694. The van der Waals surface area contributed by atoms with E-state index in [9.17, 15) is 9.90 Å². The largest absolute Gasteiger partial charge is 0.478 e. The number of hydrogen-bond acceptors (Lipinski definition) is 2. The molecule has 6 heteroatoms. The van der Waals surface area contributed by atoms with Crippen LogP contribution in [0.5, 0.6) is 0 Å². The Balaban J connectivity index is 2.67. The molecular formula is C14H14Cl2N2O2. The highest BCUT2D eigenvalue weighted by Gasteiger charge is 2.30. The Morgan fingerprint density at radius 1 is 1.20 bits per heavy atom. The topological polar surface area (TPSA) is 55.1 Å². The molecule has 0 unspecified atom stereocenters. The molecule has 106 valence electrons. The molecular weight excluding hydrogens is 299 g/mol. The number of nitrogens with zero attached hydrogens (tertiary/aromatic N) is 2. The molecule has 0 spiro atoms. The van der Waals surface area contributed by atoms with E-state index >= 15 is 0 Å². The molecule has 0 aliphatic carbocycles. The van der Waals surface area contributed by atoms with Crippen LogP contribution in [0, 0.1) is 0 Å². The van der Waals surface area contributed by atoms with Crippen LogP contribution in [0.25, 0.3) is 5.69 Å². The molecule has 0 aliphatic heterocycles. The third kappa shape index (κ3) is 2.67. The maximum absolute atomic E-state index is 11.4. The first kappa shape index (κ1) is 14.9. The number of carbonyl (C=O) groups is 1. The van der Waals surface area contributed by atoms with Gasteiger partial charge in [-0.1, -0.05) is 44.0 Å². The van der Waals surface area contributed by atoms with Crippen LogP contribution in [0.3, 0.4) is 0 Å². The standard InChI is InChI=1S/C14H14Cl2N2O2/c1-14(2,3)11-10(13(19)20)12(16)18(17-11)9-6-4-8(15)5-7-9/h4-7H,1-3H3,(H,19,20). The van der Waals surface area contributed by atoms with Crippen LogP contribution in [-0.4, -0.2) is 20.9 Å². The minimum Gasteiger partial charge on any atom is -0.478 e. The second kappa shape index (κ2) is 5.11. The molecule has 0 atom stereocenters. The molecule has 0 aliphatic rings. The molecule has 0 fully saturated rings. The van der Waals surface area contributed by atoms with Gasteiger partial charge in [0.15, 0.2) is 0 Å². The molecule has 0 amide bonds. The summed E-state index contributed by atoms with van der Waals surface area (Å²) >= 11 is 12.0. The van der Waals surface area contributed by atoms with Gasteiger partial charge in [0.2, 0.25) is 0 Å². The van der Waals surface area contributed by atoms with Gasteiger partial charge >= 0.3 is 5.97 Å². The summed E-state index contributed by atoms with van der Waals surface area (Å²) in [6.07, 6.45) is 0. The van der Waals surface area contributed by atoms with Gasteiger partial charge < -0.3 is 5.11 Å². The highest BCUT2D eigenvalue weighted by molar-refractivity contribution is 6.33. The molecule has 1 heterocycles. The van der Waals surface area contributed by atoms with E-state index in [0.29, 0.717) is 16.4 Å². The molecule has 0 saturated carbocycles. The van der Waals surface area contributed by atoms with Crippen molar-refractivity contribution in [3.8, 4) is 5.69 Å². The molecule has 0 bridgehead atoms. The van der Waals surface area contributed by atoms with Crippen LogP contribution in [0.2, 0.25) is 10.2 Å². The van der Waals surface area contributed by atoms with Gasteiger partial charge in [-0.15, -0.1) is 0 Å². The third-order valence-electron chi connectivity index (χ3n) is 2.82. The fourth-order valence-corrected chi connectivity index (χ4v) is 2.30. The lowest BCUT2D eigenvalue weighted by Gasteiger charge is -2.15. The van der Waals surface area contributed by atoms with E-state index in [0.717, 1.165) is 0 Å². The van der Waals surface area contributed by atoms with Crippen molar-refractivity contribution in [1.82, 2.24) is 9.78 Å². The summed E-state index contributed by atoms with van der Waals surface area (Å²) in [6, 6.07) is 6.87.